The number of methoxy groups -OCH3 is 1. The maximum atomic E-state index is 13.9. The second kappa shape index (κ2) is 13.6. The molecule has 0 spiro atoms. The molecule has 2 aromatic carbocycles. The SMILES string of the molecule is CCOc1ccc([C@@H](C(=O)NC2CCCCCC2)N(C[C@@H]2COc3ccccc3O2)C(=O)CCl)cc1OC. The number of carbonyl (C=O) groups excluding carboxylic acids is 2. The minimum atomic E-state index is -0.935. The molecule has 0 unspecified atom stereocenters. The van der Waals surface area contributed by atoms with Gasteiger partial charge in [0.15, 0.2) is 29.1 Å². The number of nitrogens with one attached hydrogen (secondary N) is 1. The van der Waals surface area contributed by atoms with Crippen molar-refractivity contribution in [3.05, 3.63) is 48.0 Å². The van der Waals surface area contributed by atoms with Crippen LogP contribution in [0.25, 0.3) is 0 Å². The fraction of sp³-hybridized carbons (Fsp3) is 0.517. The molecule has 1 aliphatic heterocycles. The summed E-state index contributed by atoms with van der Waals surface area (Å²) in [6.07, 6.45) is 5.85. The van der Waals surface area contributed by atoms with Crippen molar-refractivity contribution in [2.24, 2.45) is 0 Å². The van der Waals surface area contributed by atoms with Crippen LogP contribution in [-0.2, 0) is 9.59 Å². The lowest BCUT2D eigenvalue weighted by molar-refractivity contribution is -0.141. The lowest BCUT2D eigenvalue weighted by Gasteiger charge is -2.36. The quantitative estimate of drug-likeness (QED) is 0.339. The molecule has 1 N–H and O–H groups in total. The Kier molecular flexibility index (Phi) is 9.98. The highest BCUT2D eigenvalue weighted by atomic mass is 35.5. The zero-order chi connectivity index (χ0) is 26.9. The van der Waals surface area contributed by atoms with E-state index in [1.807, 2.05) is 31.2 Å². The normalized spacial score (nSPS) is 18.1. The van der Waals surface area contributed by atoms with Gasteiger partial charge < -0.3 is 29.2 Å². The van der Waals surface area contributed by atoms with Crippen LogP contribution in [0.4, 0.5) is 0 Å². The molecule has 8 nitrogen and oxygen atoms in total. The lowest BCUT2D eigenvalue weighted by Crippen LogP contribution is -2.51. The summed E-state index contributed by atoms with van der Waals surface area (Å²) in [6, 6.07) is 11.8. The Morgan fingerprint density at radius 2 is 1.82 bits per heavy atom. The summed E-state index contributed by atoms with van der Waals surface area (Å²) in [6.45, 7) is 2.73. The third-order valence-electron chi connectivity index (χ3n) is 6.97. The van der Waals surface area contributed by atoms with Crippen molar-refractivity contribution in [3.8, 4) is 23.0 Å². The van der Waals surface area contributed by atoms with Gasteiger partial charge in [0.05, 0.1) is 20.3 Å². The van der Waals surface area contributed by atoms with E-state index in [-0.39, 0.29) is 36.9 Å². The maximum absolute atomic E-state index is 13.9. The molecule has 2 aromatic rings. The van der Waals surface area contributed by atoms with E-state index in [4.69, 9.17) is 30.5 Å². The minimum absolute atomic E-state index is 0.0613. The van der Waals surface area contributed by atoms with Crippen molar-refractivity contribution < 1.29 is 28.5 Å². The van der Waals surface area contributed by atoms with Crippen LogP contribution in [0.15, 0.2) is 42.5 Å². The van der Waals surface area contributed by atoms with Gasteiger partial charge in [-0.05, 0) is 49.6 Å². The number of ether oxygens (including phenoxy) is 4. The molecule has 0 bridgehead atoms. The van der Waals surface area contributed by atoms with Crippen molar-refractivity contribution in [2.45, 2.75) is 63.6 Å². The molecule has 2 amide bonds. The Morgan fingerprint density at radius 1 is 1.08 bits per heavy atom. The van der Waals surface area contributed by atoms with Crippen LogP contribution in [0.5, 0.6) is 23.0 Å². The van der Waals surface area contributed by atoms with Gasteiger partial charge in [0.2, 0.25) is 11.8 Å². The number of alkyl halides is 1. The maximum Gasteiger partial charge on any atom is 0.247 e. The van der Waals surface area contributed by atoms with Gasteiger partial charge in [-0.25, -0.2) is 0 Å². The summed E-state index contributed by atoms with van der Waals surface area (Å²) in [5.41, 5.74) is 0.604. The minimum Gasteiger partial charge on any atom is -0.493 e. The van der Waals surface area contributed by atoms with Gasteiger partial charge in [0.1, 0.15) is 18.5 Å². The largest absolute Gasteiger partial charge is 0.493 e. The van der Waals surface area contributed by atoms with Gasteiger partial charge in [0, 0.05) is 6.04 Å². The Morgan fingerprint density at radius 3 is 2.50 bits per heavy atom. The molecule has 4 rings (SSSR count). The molecule has 1 heterocycles. The molecule has 2 atom stereocenters. The molecule has 0 saturated heterocycles. The van der Waals surface area contributed by atoms with E-state index in [1.54, 1.807) is 25.3 Å². The van der Waals surface area contributed by atoms with Crippen molar-refractivity contribution in [1.29, 1.82) is 0 Å². The first kappa shape index (κ1) is 27.9. The molecule has 206 valence electrons. The highest BCUT2D eigenvalue weighted by Gasteiger charge is 2.36. The summed E-state index contributed by atoms with van der Waals surface area (Å²) in [5, 5.41) is 3.23. The highest BCUT2D eigenvalue weighted by Crippen LogP contribution is 2.35. The molecule has 0 aromatic heterocycles. The Labute approximate surface area is 229 Å². The van der Waals surface area contributed by atoms with Gasteiger partial charge >= 0.3 is 0 Å². The van der Waals surface area contributed by atoms with Gasteiger partial charge in [-0.1, -0.05) is 43.9 Å². The first-order valence-electron chi connectivity index (χ1n) is 13.4. The zero-order valence-corrected chi connectivity index (χ0v) is 22.9. The summed E-state index contributed by atoms with van der Waals surface area (Å²) >= 11 is 6.08. The number of rotatable bonds is 10. The van der Waals surface area contributed by atoms with Crippen LogP contribution in [0.3, 0.4) is 0 Å². The van der Waals surface area contributed by atoms with E-state index in [0.717, 1.165) is 25.7 Å². The monoisotopic (exact) mass is 544 g/mol. The molecule has 0 radical (unpaired) electrons. The number of hydrogen-bond acceptors (Lipinski definition) is 6. The zero-order valence-electron chi connectivity index (χ0n) is 22.1. The van der Waals surface area contributed by atoms with Crippen LogP contribution < -0.4 is 24.3 Å². The third-order valence-corrected chi connectivity index (χ3v) is 7.20. The van der Waals surface area contributed by atoms with Crippen LogP contribution >= 0.6 is 11.6 Å². The topological polar surface area (TPSA) is 86.3 Å². The molecule has 1 saturated carbocycles. The van der Waals surface area contributed by atoms with Crippen molar-refractivity contribution in [1.82, 2.24) is 10.2 Å². The van der Waals surface area contributed by atoms with E-state index in [1.165, 1.54) is 17.7 Å². The number of amides is 2. The van der Waals surface area contributed by atoms with Crippen LogP contribution in [0, 0.1) is 0 Å². The van der Waals surface area contributed by atoms with Crippen LogP contribution in [0.1, 0.15) is 57.1 Å². The number of fused-ring (bicyclic) bond motifs is 1. The van der Waals surface area contributed by atoms with Crippen LogP contribution in [0.2, 0.25) is 0 Å². The first-order valence-corrected chi connectivity index (χ1v) is 13.9. The fourth-order valence-electron chi connectivity index (χ4n) is 5.11. The molecular formula is C29H37ClN2O6. The smallest absolute Gasteiger partial charge is 0.247 e. The molecule has 2 aliphatic rings. The molecule has 38 heavy (non-hydrogen) atoms. The Bertz CT molecular complexity index is 1090. The number of hydrogen-bond donors (Lipinski definition) is 1. The highest BCUT2D eigenvalue weighted by molar-refractivity contribution is 6.27. The number of nitrogens with zero attached hydrogens (tertiary/aromatic N) is 1. The average molecular weight is 545 g/mol. The summed E-state index contributed by atoms with van der Waals surface area (Å²) in [4.78, 5) is 28.7. The molecular weight excluding hydrogens is 508 g/mol. The third kappa shape index (κ3) is 6.84. The van der Waals surface area contributed by atoms with Crippen LogP contribution in [-0.4, -0.2) is 61.6 Å². The molecule has 9 heteroatoms. The second-order valence-electron chi connectivity index (χ2n) is 9.62. The van der Waals surface area contributed by atoms with Gasteiger partial charge in [-0.15, -0.1) is 11.6 Å². The van der Waals surface area contributed by atoms with E-state index in [2.05, 4.69) is 5.32 Å². The Balaban J connectivity index is 1.66. The second-order valence-corrected chi connectivity index (χ2v) is 9.89. The lowest BCUT2D eigenvalue weighted by atomic mass is 10.0. The van der Waals surface area contributed by atoms with Crippen molar-refractivity contribution in [2.75, 3.05) is 32.7 Å². The van der Waals surface area contributed by atoms with E-state index in [9.17, 15) is 9.59 Å². The summed E-state index contributed by atoms with van der Waals surface area (Å²) in [5.74, 6) is 1.41. The summed E-state index contributed by atoms with van der Waals surface area (Å²) < 4.78 is 23.3. The van der Waals surface area contributed by atoms with E-state index >= 15 is 0 Å². The molecule has 1 fully saturated rings. The standard InChI is InChI=1S/C29H37ClN2O6/c1-3-36-24-15-14-20(16-26(24)35-2)28(29(34)31-21-10-6-4-5-7-11-21)32(27(33)17-30)18-22-19-37-23-12-8-9-13-25(23)38-22/h8-9,12-16,21-22,28H,3-7,10-11,17-19H2,1-2H3,(H,31,34)/t22-,28+/m1/s1. The van der Waals surface area contributed by atoms with E-state index in [0.29, 0.717) is 35.2 Å². The predicted molar refractivity (Wildman–Crippen MR) is 145 cm³/mol. The fourth-order valence-corrected chi connectivity index (χ4v) is 5.26. The number of carbonyl (C=O) groups is 2. The van der Waals surface area contributed by atoms with Crippen molar-refractivity contribution >= 4 is 23.4 Å². The van der Waals surface area contributed by atoms with Crippen molar-refractivity contribution in [3.63, 3.8) is 0 Å². The predicted octanol–water partition coefficient (Wildman–Crippen LogP) is 4.88. The number of halogens is 1. The van der Waals surface area contributed by atoms with Gasteiger partial charge in [0.25, 0.3) is 0 Å². The number of benzene rings is 2. The van der Waals surface area contributed by atoms with Gasteiger partial charge in [-0.3, -0.25) is 9.59 Å². The molecule has 1 aliphatic carbocycles. The van der Waals surface area contributed by atoms with E-state index < -0.39 is 12.1 Å². The Hall–Kier alpha value is -3.13. The average Bonchev–Trinajstić information content (AvgIpc) is 3.21. The first-order chi connectivity index (χ1) is 18.5. The summed E-state index contributed by atoms with van der Waals surface area (Å²) in [7, 11) is 1.55. The number of para-hydroxylation sites is 2. The van der Waals surface area contributed by atoms with Gasteiger partial charge in [-0.2, -0.15) is 0 Å².